The lowest BCUT2D eigenvalue weighted by atomic mass is 10.1. The maximum atomic E-state index is 12.7. The van der Waals surface area contributed by atoms with E-state index < -0.39 is 10.0 Å². The molecule has 0 amide bonds. The van der Waals surface area contributed by atoms with E-state index in [9.17, 15) is 8.42 Å². The average Bonchev–Trinajstić information content (AvgIpc) is 2.83. The molecule has 10 heteroatoms. The Morgan fingerprint density at radius 1 is 1.00 bits per heavy atom. The minimum Gasteiger partial charge on any atom is -0.338 e. The minimum absolute atomic E-state index is 0.133. The highest BCUT2D eigenvalue weighted by Crippen LogP contribution is 2.30. The Morgan fingerprint density at radius 2 is 1.71 bits per heavy atom. The first-order chi connectivity index (χ1) is 16.3. The minimum atomic E-state index is -3.65. The Balaban J connectivity index is 1.49. The molecule has 1 aliphatic heterocycles. The number of anilines is 4. The van der Waals surface area contributed by atoms with E-state index in [4.69, 9.17) is 11.6 Å². The van der Waals surface area contributed by atoms with Gasteiger partial charge in [-0.15, -0.1) is 0 Å². The van der Waals surface area contributed by atoms with Crippen molar-refractivity contribution in [3.05, 3.63) is 65.3 Å². The first-order valence-electron chi connectivity index (χ1n) is 11.2. The van der Waals surface area contributed by atoms with Gasteiger partial charge in [-0.05, 0) is 55.8 Å². The smallest absolute Gasteiger partial charge is 0.244 e. The topological polar surface area (TPSA) is 90.5 Å². The Morgan fingerprint density at radius 3 is 2.41 bits per heavy atom. The van der Waals surface area contributed by atoms with Gasteiger partial charge in [-0.3, -0.25) is 4.90 Å². The summed E-state index contributed by atoms with van der Waals surface area (Å²) < 4.78 is 26.6. The van der Waals surface area contributed by atoms with E-state index in [0.717, 1.165) is 29.6 Å². The number of piperidine rings is 1. The fraction of sp³-hybridized carbons (Fsp3) is 0.333. The third-order valence-electron chi connectivity index (χ3n) is 5.71. The molecule has 4 rings (SSSR count). The second-order valence-electron chi connectivity index (χ2n) is 8.46. The number of benzene rings is 2. The van der Waals surface area contributed by atoms with E-state index in [1.54, 1.807) is 18.2 Å². The van der Waals surface area contributed by atoms with Gasteiger partial charge in [0, 0.05) is 26.3 Å². The van der Waals surface area contributed by atoms with Crippen LogP contribution in [0.3, 0.4) is 0 Å². The van der Waals surface area contributed by atoms with Crippen molar-refractivity contribution < 1.29 is 8.42 Å². The lowest BCUT2D eigenvalue weighted by Gasteiger charge is -2.26. The summed E-state index contributed by atoms with van der Waals surface area (Å²) in [6.45, 7) is 3.28. The van der Waals surface area contributed by atoms with Gasteiger partial charge in [-0.1, -0.05) is 42.3 Å². The van der Waals surface area contributed by atoms with Gasteiger partial charge in [0.15, 0.2) is 5.82 Å². The number of nitrogens with one attached hydrogen (secondary N) is 2. The predicted molar refractivity (Wildman–Crippen MR) is 136 cm³/mol. The summed E-state index contributed by atoms with van der Waals surface area (Å²) in [5.41, 5.74) is 2.50. The van der Waals surface area contributed by atoms with E-state index in [-0.39, 0.29) is 9.92 Å². The maximum Gasteiger partial charge on any atom is 0.244 e. The number of aromatic nitrogens is 2. The number of hydrogen-bond acceptors (Lipinski definition) is 7. The van der Waals surface area contributed by atoms with Gasteiger partial charge < -0.3 is 10.6 Å². The van der Waals surface area contributed by atoms with Crippen LogP contribution in [0.4, 0.5) is 23.1 Å². The fourth-order valence-electron chi connectivity index (χ4n) is 3.83. The summed E-state index contributed by atoms with van der Waals surface area (Å²) in [4.78, 5) is 11.3. The van der Waals surface area contributed by atoms with Gasteiger partial charge in [0.05, 0.1) is 11.9 Å². The molecule has 1 saturated heterocycles. The van der Waals surface area contributed by atoms with Crippen molar-refractivity contribution in [2.45, 2.75) is 30.7 Å². The maximum absolute atomic E-state index is 12.7. The summed E-state index contributed by atoms with van der Waals surface area (Å²) in [5, 5.41) is 6.52. The summed E-state index contributed by atoms with van der Waals surface area (Å²) >= 11 is 6.31. The first-order valence-corrected chi connectivity index (χ1v) is 13.0. The van der Waals surface area contributed by atoms with Crippen LogP contribution in [0.15, 0.2) is 59.6 Å². The number of sulfonamides is 1. The van der Waals surface area contributed by atoms with E-state index in [0.29, 0.717) is 17.5 Å². The Kier molecular flexibility index (Phi) is 7.67. The molecule has 0 saturated carbocycles. The molecule has 2 aromatic carbocycles. The van der Waals surface area contributed by atoms with Crippen molar-refractivity contribution in [3.63, 3.8) is 0 Å². The number of nitrogens with zero attached hydrogens (tertiary/aromatic N) is 4. The molecule has 1 aliphatic rings. The number of likely N-dealkylation sites (tertiary alicyclic amines) is 1. The summed E-state index contributed by atoms with van der Waals surface area (Å²) in [6.07, 6.45) is 5.35. The molecule has 0 unspecified atom stereocenters. The number of rotatable bonds is 8. The molecule has 1 aromatic heterocycles. The van der Waals surface area contributed by atoms with Gasteiger partial charge in [-0.25, -0.2) is 17.7 Å². The van der Waals surface area contributed by atoms with Gasteiger partial charge in [0.2, 0.25) is 16.0 Å². The molecule has 3 aromatic rings. The van der Waals surface area contributed by atoms with Crippen LogP contribution < -0.4 is 10.6 Å². The zero-order valence-corrected chi connectivity index (χ0v) is 20.9. The molecule has 8 nitrogen and oxygen atoms in total. The SMILES string of the molecule is CN(C)S(=O)(=O)c1ccccc1Nc1nc(Nc2ccc(CN3CCCCC3)cc2)ncc1Cl. The van der Waals surface area contributed by atoms with Crippen molar-refractivity contribution >= 4 is 44.8 Å². The molecular weight excluding hydrogens is 472 g/mol. The van der Waals surface area contributed by atoms with Crippen molar-refractivity contribution in [2.24, 2.45) is 0 Å². The quantitative estimate of drug-likeness (QED) is 0.456. The third-order valence-corrected chi connectivity index (χ3v) is 7.86. The molecule has 0 radical (unpaired) electrons. The zero-order valence-electron chi connectivity index (χ0n) is 19.3. The number of para-hydroxylation sites is 1. The van der Waals surface area contributed by atoms with Crippen LogP contribution >= 0.6 is 11.6 Å². The average molecular weight is 501 g/mol. The van der Waals surface area contributed by atoms with Crippen molar-refractivity contribution in [1.82, 2.24) is 19.2 Å². The number of halogens is 1. The van der Waals surface area contributed by atoms with Gasteiger partial charge in [0.25, 0.3) is 0 Å². The third kappa shape index (κ3) is 5.85. The van der Waals surface area contributed by atoms with Crippen LogP contribution in [0, 0.1) is 0 Å². The van der Waals surface area contributed by atoms with Crippen LogP contribution in [0.25, 0.3) is 0 Å². The Hall–Kier alpha value is -2.72. The molecule has 0 bridgehead atoms. The Bertz CT molecular complexity index is 1230. The predicted octanol–water partition coefficient (Wildman–Crippen LogP) is 4.85. The highest BCUT2D eigenvalue weighted by Gasteiger charge is 2.21. The van der Waals surface area contributed by atoms with Crippen LogP contribution in [0.2, 0.25) is 5.02 Å². The van der Waals surface area contributed by atoms with E-state index in [2.05, 4.69) is 37.6 Å². The normalized spacial score (nSPS) is 14.8. The molecule has 2 N–H and O–H groups in total. The molecular formula is C24H29ClN6O2S. The number of hydrogen-bond donors (Lipinski definition) is 2. The monoisotopic (exact) mass is 500 g/mol. The van der Waals surface area contributed by atoms with Gasteiger partial charge in [0.1, 0.15) is 9.92 Å². The first kappa shape index (κ1) is 24.4. The lowest BCUT2D eigenvalue weighted by Crippen LogP contribution is -2.29. The molecule has 1 fully saturated rings. The highest BCUT2D eigenvalue weighted by atomic mass is 35.5. The largest absolute Gasteiger partial charge is 0.338 e. The lowest BCUT2D eigenvalue weighted by molar-refractivity contribution is 0.221. The second-order valence-corrected chi connectivity index (χ2v) is 11.0. The Labute approximate surface area is 206 Å². The fourth-order valence-corrected chi connectivity index (χ4v) is 5.01. The summed E-state index contributed by atoms with van der Waals surface area (Å²) in [6, 6.07) is 14.8. The van der Waals surface area contributed by atoms with Gasteiger partial charge >= 0.3 is 0 Å². The molecule has 0 aliphatic carbocycles. The van der Waals surface area contributed by atoms with E-state index >= 15 is 0 Å². The van der Waals surface area contributed by atoms with Crippen LogP contribution in [-0.4, -0.2) is 54.8 Å². The van der Waals surface area contributed by atoms with E-state index in [1.807, 2.05) is 12.1 Å². The van der Waals surface area contributed by atoms with Crippen molar-refractivity contribution in [3.8, 4) is 0 Å². The van der Waals surface area contributed by atoms with Crippen LogP contribution in [-0.2, 0) is 16.6 Å². The molecule has 0 spiro atoms. The molecule has 2 heterocycles. The standard InChI is InChI=1S/C24H29ClN6O2S/c1-30(2)34(32,33)22-9-5-4-8-21(22)28-23-20(25)16-26-24(29-23)27-19-12-10-18(11-13-19)17-31-14-6-3-7-15-31/h4-5,8-13,16H,3,6-7,14-15,17H2,1-2H3,(H2,26,27,28,29). The second kappa shape index (κ2) is 10.7. The van der Waals surface area contributed by atoms with E-state index in [1.165, 1.54) is 51.2 Å². The van der Waals surface area contributed by atoms with Crippen LogP contribution in [0.5, 0.6) is 0 Å². The summed E-state index contributed by atoms with van der Waals surface area (Å²) in [7, 11) is -0.669. The van der Waals surface area contributed by atoms with Crippen molar-refractivity contribution in [1.29, 1.82) is 0 Å². The molecule has 180 valence electrons. The summed E-state index contributed by atoms with van der Waals surface area (Å²) in [5.74, 6) is 0.658. The molecule has 34 heavy (non-hydrogen) atoms. The van der Waals surface area contributed by atoms with Crippen LogP contribution in [0.1, 0.15) is 24.8 Å². The zero-order chi connectivity index (χ0) is 24.1. The highest BCUT2D eigenvalue weighted by molar-refractivity contribution is 7.89. The molecule has 0 atom stereocenters. The van der Waals surface area contributed by atoms with Crippen molar-refractivity contribution in [2.75, 3.05) is 37.8 Å². The van der Waals surface area contributed by atoms with Gasteiger partial charge in [-0.2, -0.15) is 4.98 Å².